The van der Waals surface area contributed by atoms with Gasteiger partial charge in [-0.1, -0.05) is 0 Å². The van der Waals surface area contributed by atoms with Crippen molar-refractivity contribution in [1.82, 2.24) is 0 Å². The predicted molar refractivity (Wildman–Crippen MR) is 45.8 cm³/mol. The number of rotatable bonds is 1. The number of aliphatic hydroxyl groups excluding tert-OH is 1. The minimum absolute atomic E-state index is 0.177. The molecule has 1 aliphatic rings. The molecule has 0 aliphatic heterocycles. The SMILES string of the molecule is OCC1(O)Cc2cc(F)c(F)cc2C1. The van der Waals surface area contributed by atoms with Crippen LogP contribution in [0.4, 0.5) is 8.78 Å². The molecule has 0 radical (unpaired) electrons. The quantitative estimate of drug-likeness (QED) is 0.703. The van der Waals surface area contributed by atoms with Crippen LogP contribution in [-0.2, 0) is 12.8 Å². The van der Waals surface area contributed by atoms with Crippen LogP contribution in [0.5, 0.6) is 0 Å². The van der Waals surface area contributed by atoms with Crippen LogP contribution in [0.2, 0.25) is 0 Å². The summed E-state index contributed by atoms with van der Waals surface area (Å²) in [7, 11) is 0. The minimum atomic E-state index is -1.25. The van der Waals surface area contributed by atoms with E-state index in [1.54, 1.807) is 0 Å². The maximum absolute atomic E-state index is 12.8. The normalized spacial score (nSPS) is 18.3. The zero-order valence-electron chi connectivity index (χ0n) is 7.43. The van der Waals surface area contributed by atoms with Gasteiger partial charge in [-0.2, -0.15) is 0 Å². The number of halogens is 2. The highest BCUT2D eigenvalue weighted by molar-refractivity contribution is 5.36. The summed E-state index contributed by atoms with van der Waals surface area (Å²) >= 11 is 0. The molecule has 2 nitrogen and oxygen atoms in total. The van der Waals surface area contributed by atoms with Crippen LogP contribution in [-0.4, -0.2) is 22.4 Å². The van der Waals surface area contributed by atoms with Crippen molar-refractivity contribution in [1.29, 1.82) is 0 Å². The molecule has 0 atom stereocenters. The zero-order chi connectivity index (χ0) is 10.3. The van der Waals surface area contributed by atoms with Gasteiger partial charge in [0, 0.05) is 12.8 Å². The van der Waals surface area contributed by atoms with E-state index in [1.165, 1.54) is 0 Å². The molecule has 76 valence electrons. The Morgan fingerprint density at radius 2 is 1.57 bits per heavy atom. The molecule has 0 saturated heterocycles. The van der Waals surface area contributed by atoms with Crippen molar-refractivity contribution >= 4 is 0 Å². The smallest absolute Gasteiger partial charge is 0.159 e. The Labute approximate surface area is 79.8 Å². The molecule has 0 bridgehead atoms. The molecule has 14 heavy (non-hydrogen) atoms. The standard InChI is InChI=1S/C10H10F2O2/c11-8-1-6-3-10(14,5-13)4-7(6)2-9(8)12/h1-2,13-14H,3-5H2. The van der Waals surface area contributed by atoms with Gasteiger partial charge < -0.3 is 10.2 Å². The van der Waals surface area contributed by atoms with Crippen molar-refractivity contribution in [2.75, 3.05) is 6.61 Å². The number of benzene rings is 1. The average Bonchev–Trinajstić information content (AvgIpc) is 2.43. The Morgan fingerprint density at radius 3 is 1.93 bits per heavy atom. The van der Waals surface area contributed by atoms with E-state index in [9.17, 15) is 13.9 Å². The fourth-order valence-corrected chi connectivity index (χ4v) is 1.84. The first-order chi connectivity index (χ1) is 6.54. The van der Waals surface area contributed by atoms with Gasteiger partial charge in [-0.3, -0.25) is 0 Å². The summed E-state index contributed by atoms with van der Waals surface area (Å²) in [5.41, 5.74) is -0.108. The van der Waals surface area contributed by atoms with E-state index >= 15 is 0 Å². The molecule has 0 amide bonds. The van der Waals surface area contributed by atoms with Crippen molar-refractivity contribution in [3.05, 3.63) is 34.9 Å². The van der Waals surface area contributed by atoms with Crippen LogP contribution < -0.4 is 0 Å². The van der Waals surface area contributed by atoms with Gasteiger partial charge in [0.25, 0.3) is 0 Å². The highest BCUT2D eigenvalue weighted by Gasteiger charge is 2.35. The molecule has 0 saturated carbocycles. The maximum atomic E-state index is 12.8. The fraction of sp³-hybridized carbons (Fsp3) is 0.400. The van der Waals surface area contributed by atoms with Gasteiger partial charge in [-0.25, -0.2) is 8.78 Å². The van der Waals surface area contributed by atoms with Gasteiger partial charge in [0.05, 0.1) is 12.2 Å². The maximum Gasteiger partial charge on any atom is 0.159 e. The first-order valence-corrected chi connectivity index (χ1v) is 4.34. The lowest BCUT2D eigenvalue weighted by molar-refractivity contribution is -0.00514. The largest absolute Gasteiger partial charge is 0.393 e. The number of hydrogen-bond acceptors (Lipinski definition) is 2. The van der Waals surface area contributed by atoms with Crippen LogP contribution in [0.3, 0.4) is 0 Å². The molecular formula is C10H10F2O2. The summed E-state index contributed by atoms with van der Waals surface area (Å²) in [5.74, 6) is -1.82. The second-order valence-electron chi connectivity index (χ2n) is 3.77. The molecule has 0 heterocycles. The summed E-state index contributed by atoms with van der Waals surface area (Å²) < 4.78 is 25.6. The van der Waals surface area contributed by atoms with Crippen molar-refractivity contribution in [3.63, 3.8) is 0 Å². The lowest BCUT2D eigenvalue weighted by atomic mass is 10.0. The molecular weight excluding hydrogens is 190 g/mol. The van der Waals surface area contributed by atoms with E-state index in [0.717, 1.165) is 12.1 Å². The summed E-state index contributed by atoms with van der Waals surface area (Å²) in [5, 5.41) is 18.6. The molecule has 0 spiro atoms. The first kappa shape index (κ1) is 9.55. The minimum Gasteiger partial charge on any atom is -0.393 e. The number of aliphatic hydroxyl groups is 2. The lowest BCUT2D eigenvalue weighted by Crippen LogP contribution is -2.33. The van der Waals surface area contributed by atoms with Gasteiger partial charge in [0.15, 0.2) is 11.6 Å². The third-order valence-electron chi connectivity index (χ3n) is 2.58. The molecule has 4 heteroatoms. The Hall–Kier alpha value is -1.00. The third-order valence-corrected chi connectivity index (χ3v) is 2.58. The van der Waals surface area contributed by atoms with Gasteiger partial charge in [-0.05, 0) is 23.3 Å². The Kier molecular flexibility index (Phi) is 2.05. The van der Waals surface area contributed by atoms with Crippen LogP contribution in [0.25, 0.3) is 0 Å². The summed E-state index contributed by atoms with van der Waals surface area (Å²) in [4.78, 5) is 0. The van der Waals surface area contributed by atoms with Crippen LogP contribution >= 0.6 is 0 Å². The van der Waals surface area contributed by atoms with Crippen LogP contribution in [0.1, 0.15) is 11.1 Å². The van der Waals surface area contributed by atoms with Gasteiger partial charge in [0.2, 0.25) is 0 Å². The summed E-state index contributed by atoms with van der Waals surface area (Å²) in [6, 6.07) is 2.16. The second-order valence-corrected chi connectivity index (χ2v) is 3.77. The van der Waals surface area contributed by atoms with Crippen molar-refractivity contribution in [2.24, 2.45) is 0 Å². The topological polar surface area (TPSA) is 40.5 Å². The highest BCUT2D eigenvalue weighted by atomic mass is 19.2. The molecule has 2 N–H and O–H groups in total. The molecule has 0 unspecified atom stereocenters. The van der Waals surface area contributed by atoms with E-state index in [-0.39, 0.29) is 12.8 Å². The van der Waals surface area contributed by atoms with Gasteiger partial charge in [0.1, 0.15) is 0 Å². The van der Waals surface area contributed by atoms with E-state index in [0.29, 0.717) is 11.1 Å². The monoisotopic (exact) mass is 200 g/mol. The zero-order valence-corrected chi connectivity index (χ0v) is 7.43. The van der Waals surface area contributed by atoms with Crippen LogP contribution in [0, 0.1) is 11.6 Å². The number of fused-ring (bicyclic) bond motifs is 1. The van der Waals surface area contributed by atoms with E-state index in [4.69, 9.17) is 5.11 Å². The first-order valence-electron chi connectivity index (χ1n) is 4.34. The Bertz CT molecular complexity index is 346. The van der Waals surface area contributed by atoms with Crippen molar-refractivity contribution in [3.8, 4) is 0 Å². The molecule has 0 aromatic heterocycles. The number of hydrogen-bond donors (Lipinski definition) is 2. The average molecular weight is 200 g/mol. The summed E-state index contributed by atoms with van der Waals surface area (Å²) in [6.45, 7) is -0.398. The van der Waals surface area contributed by atoms with E-state index < -0.39 is 23.8 Å². The van der Waals surface area contributed by atoms with Crippen molar-refractivity contribution in [2.45, 2.75) is 18.4 Å². The predicted octanol–water partition coefficient (Wildman–Crippen LogP) is 0.787. The molecule has 0 fully saturated rings. The molecule has 1 aromatic carbocycles. The lowest BCUT2D eigenvalue weighted by Gasteiger charge is -2.17. The molecule has 2 rings (SSSR count). The third kappa shape index (κ3) is 1.40. The Morgan fingerprint density at radius 1 is 1.14 bits per heavy atom. The van der Waals surface area contributed by atoms with Crippen LogP contribution in [0.15, 0.2) is 12.1 Å². The van der Waals surface area contributed by atoms with Crippen molar-refractivity contribution < 1.29 is 19.0 Å². The Balaban J connectivity index is 2.41. The molecule has 1 aromatic rings. The highest BCUT2D eigenvalue weighted by Crippen LogP contribution is 2.31. The van der Waals surface area contributed by atoms with E-state index in [1.807, 2.05) is 0 Å². The second kappa shape index (κ2) is 3.00. The summed E-state index contributed by atoms with van der Waals surface area (Å²) in [6.07, 6.45) is 0.353. The fourth-order valence-electron chi connectivity index (χ4n) is 1.84. The van der Waals surface area contributed by atoms with Gasteiger partial charge >= 0.3 is 0 Å². The van der Waals surface area contributed by atoms with Gasteiger partial charge in [-0.15, -0.1) is 0 Å². The van der Waals surface area contributed by atoms with E-state index in [2.05, 4.69) is 0 Å². The molecule has 1 aliphatic carbocycles.